The fraction of sp³-hybridized carbons (Fsp3) is 0.667. The normalized spacial score (nSPS) is 20.2. The predicted molar refractivity (Wildman–Crippen MR) is 116 cm³/mol. The maximum absolute atomic E-state index is 12.8. The lowest BCUT2D eigenvalue weighted by molar-refractivity contribution is -0.121. The van der Waals surface area contributed by atoms with Crippen LogP contribution >= 0.6 is 11.3 Å². The molecule has 2 fully saturated rings. The average Bonchev–Trinajstić information content (AvgIpc) is 3.22. The van der Waals surface area contributed by atoms with Crippen LogP contribution in [0, 0.1) is 0 Å². The number of piperazine rings is 2. The van der Waals surface area contributed by atoms with E-state index in [0.717, 1.165) is 19.5 Å². The molecule has 1 aromatic rings. The Balaban J connectivity index is 1.35. The Morgan fingerprint density at radius 3 is 2.27 bits per heavy atom. The van der Waals surface area contributed by atoms with Gasteiger partial charge in [0, 0.05) is 63.8 Å². The third kappa shape index (κ3) is 6.46. The van der Waals surface area contributed by atoms with Gasteiger partial charge in [0.2, 0.25) is 5.91 Å². The van der Waals surface area contributed by atoms with Crippen molar-refractivity contribution in [3.63, 3.8) is 0 Å². The lowest BCUT2D eigenvalue weighted by Gasteiger charge is -2.38. The minimum atomic E-state index is -3.46. The molecule has 0 radical (unpaired) electrons. The number of urea groups is 1. The van der Waals surface area contributed by atoms with E-state index in [4.69, 9.17) is 0 Å². The number of thiophene rings is 1. The summed E-state index contributed by atoms with van der Waals surface area (Å²) < 4.78 is 28.6. The van der Waals surface area contributed by atoms with Gasteiger partial charge in [0.25, 0.3) is 10.2 Å². The minimum absolute atomic E-state index is 0.0702. The summed E-state index contributed by atoms with van der Waals surface area (Å²) in [4.78, 5) is 29.1. The van der Waals surface area contributed by atoms with Crippen molar-refractivity contribution in [2.75, 3.05) is 72.5 Å². The number of nitrogens with zero attached hydrogens (tertiary/aromatic N) is 4. The van der Waals surface area contributed by atoms with Crippen molar-refractivity contribution in [3.8, 4) is 0 Å². The maximum atomic E-state index is 12.8. The van der Waals surface area contributed by atoms with Crippen LogP contribution in [0.3, 0.4) is 0 Å². The van der Waals surface area contributed by atoms with Crippen molar-refractivity contribution >= 4 is 33.5 Å². The standard InChI is InChI=1S/C18H30N6O4S2/c1-21-6-10-23(11-7-21)30(27,28)24-12-8-22(9-13-24)15-17(25)20-18(26)19-5-4-16-3-2-14-29-16/h2-3,14H,4-13,15H2,1H3,(H2,19,20,25,26). The van der Waals surface area contributed by atoms with Crippen LogP contribution in [0.2, 0.25) is 0 Å². The van der Waals surface area contributed by atoms with Crippen molar-refractivity contribution in [2.24, 2.45) is 0 Å². The van der Waals surface area contributed by atoms with Gasteiger partial charge in [0.15, 0.2) is 0 Å². The Kier molecular flexibility index (Phi) is 8.20. The minimum Gasteiger partial charge on any atom is -0.337 e. The molecular formula is C18H30N6O4S2. The molecule has 168 valence electrons. The Morgan fingerprint density at radius 1 is 1.03 bits per heavy atom. The molecule has 10 nitrogen and oxygen atoms in total. The number of rotatable bonds is 7. The molecule has 0 aliphatic carbocycles. The summed E-state index contributed by atoms with van der Waals surface area (Å²) in [7, 11) is -1.47. The molecule has 2 N–H and O–H groups in total. The molecule has 3 amide bonds. The lowest BCUT2D eigenvalue weighted by atomic mass is 10.3. The first-order chi connectivity index (χ1) is 14.3. The molecule has 30 heavy (non-hydrogen) atoms. The van der Waals surface area contributed by atoms with Gasteiger partial charge in [-0.3, -0.25) is 15.0 Å². The fourth-order valence-electron chi connectivity index (χ4n) is 3.47. The van der Waals surface area contributed by atoms with E-state index in [9.17, 15) is 18.0 Å². The van der Waals surface area contributed by atoms with Gasteiger partial charge in [-0.2, -0.15) is 17.0 Å². The zero-order chi connectivity index (χ0) is 21.6. The number of carbonyl (C=O) groups excluding carboxylic acids is 2. The van der Waals surface area contributed by atoms with E-state index >= 15 is 0 Å². The highest BCUT2D eigenvalue weighted by molar-refractivity contribution is 7.86. The zero-order valence-corrected chi connectivity index (χ0v) is 18.9. The van der Waals surface area contributed by atoms with Gasteiger partial charge in [-0.15, -0.1) is 11.3 Å². The van der Waals surface area contributed by atoms with Gasteiger partial charge in [0.1, 0.15) is 0 Å². The quantitative estimate of drug-likeness (QED) is 0.556. The number of hydrogen-bond donors (Lipinski definition) is 2. The second kappa shape index (κ2) is 10.6. The number of hydrogen-bond acceptors (Lipinski definition) is 7. The second-order valence-electron chi connectivity index (χ2n) is 7.52. The molecule has 1 aromatic heterocycles. The van der Waals surface area contributed by atoms with Crippen LogP contribution in [0.4, 0.5) is 4.79 Å². The topological polar surface area (TPSA) is 105 Å². The van der Waals surface area contributed by atoms with Gasteiger partial charge in [0.05, 0.1) is 6.54 Å². The van der Waals surface area contributed by atoms with Gasteiger partial charge < -0.3 is 10.2 Å². The van der Waals surface area contributed by atoms with Crippen LogP contribution in [-0.4, -0.2) is 111 Å². The van der Waals surface area contributed by atoms with Crippen LogP contribution in [-0.2, 0) is 21.4 Å². The summed E-state index contributed by atoms with van der Waals surface area (Å²) in [6.07, 6.45) is 0.725. The summed E-state index contributed by atoms with van der Waals surface area (Å²) in [6, 6.07) is 3.45. The Bertz CT molecular complexity index is 801. The van der Waals surface area contributed by atoms with Crippen molar-refractivity contribution in [2.45, 2.75) is 6.42 Å². The Hall–Kier alpha value is -1.57. The molecule has 0 atom stereocenters. The van der Waals surface area contributed by atoms with Crippen LogP contribution in [0.1, 0.15) is 4.88 Å². The highest BCUT2D eigenvalue weighted by atomic mass is 32.2. The molecule has 2 aliphatic rings. The molecule has 0 spiro atoms. The van der Waals surface area contributed by atoms with Gasteiger partial charge >= 0.3 is 6.03 Å². The fourth-order valence-corrected chi connectivity index (χ4v) is 5.75. The largest absolute Gasteiger partial charge is 0.337 e. The Morgan fingerprint density at radius 2 is 1.67 bits per heavy atom. The summed E-state index contributed by atoms with van der Waals surface area (Å²) in [5, 5.41) is 6.99. The molecule has 0 aromatic carbocycles. The molecule has 0 unspecified atom stereocenters. The third-order valence-electron chi connectivity index (χ3n) is 5.30. The van der Waals surface area contributed by atoms with Crippen molar-refractivity contribution in [1.29, 1.82) is 0 Å². The summed E-state index contributed by atoms with van der Waals surface area (Å²) in [6.45, 7) is 4.60. The monoisotopic (exact) mass is 458 g/mol. The first-order valence-electron chi connectivity index (χ1n) is 10.1. The molecule has 3 rings (SSSR count). The SMILES string of the molecule is CN1CCN(S(=O)(=O)N2CCN(CC(=O)NC(=O)NCCc3cccs3)CC2)CC1. The molecule has 0 bridgehead atoms. The number of amides is 3. The first-order valence-corrected chi connectivity index (χ1v) is 12.4. The lowest BCUT2D eigenvalue weighted by Crippen LogP contribution is -2.57. The van der Waals surface area contributed by atoms with E-state index in [1.807, 2.05) is 29.5 Å². The molecule has 0 saturated carbocycles. The predicted octanol–water partition coefficient (Wildman–Crippen LogP) is -0.774. The van der Waals surface area contributed by atoms with Gasteiger partial charge in [-0.25, -0.2) is 4.79 Å². The number of likely N-dealkylation sites (N-methyl/N-ethyl adjacent to an activating group) is 1. The second-order valence-corrected chi connectivity index (χ2v) is 10.5. The summed E-state index contributed by atoms with van der Waals surface area (Å²) in [5.74, 6) is -0.390. The maximum Gasteiger partial charge on any atom is 0.321 e. The highest BCUT2D eigenvalue weighted by Gasteiger charge is 2.34. The smallest absolute Gasteiger partial charge is 0.321 e. The third-order valence-corrected chi connectivity index (χ3v) is 8.27. The van der Waals surface area contributed by atoms with Crippen LogP contribution in [0.25, 0.3) is 0 Å². The van der Waals surface area contributed by atoms with Crippen molar-refractivity contribution in [3.05, 3.63) is 22.4 Å². The molecular weight excluding hydrogens is 428 g/mol. The van der Waals surface area contributed by atoms with Crippen LogP contribution in [0.5, 0.6) is 0 Å². The Labute approximate surface area is 182 Å². The highest BCUT2D eigenvalue weighted by Crippen LogP contribution is 2.14. The summed E-state index contributed by atoms with van der Waals surface area (Å²) in [5.41, 5.74) is 0. The molecule has 3 heterocycles. The molecule has 12 heteroatoms. The van der Waals surface area contributed by atoms with Gasteiger partial charge in [-0.05, 0) is 24.9 Å². The van der Waals surface area contributed by atoms with Crippen LogP contribution in [0.15, 0.2) is 17.5 Å². The van der Waals surface area contributed by atoms with Crippen molar-refractivity contribution < 1.29 is 18.0 Å². The van der Waals surface area contributed by atoms with E-state index in [0.29, 0.717) is 45.8 Å². The zero-order valence-electron chi connectivity index (χ0n) is 17.2. The summed E-state index contributed by atoms with van der Waals surface area (Å²) >= 11 is 1.63. The van der Waals surface area contributed by atoms with E-state index in [1.54, 1.807) is 11.3 Å². The first kappa shape index (κ1) is 23.1. The van der Waals surface area contributed by atoms with Crippen molar-refractivity contribution in [1.82, 2.24) is 29.0 Å². The van der Waals surface area contributed by atoms with E-state index in [-0.39, 0.29) is 12.5 Å². The molecule has 2 aliphatic heterocycles. The molecule has 2 saturated heterocycles. The van der Waals surface area contributed by atoms with E-state index in [2.05, 4.69) is 15.5 Å². The number of nitrogens with one attached hydrogen (secondary N) is 2. The number of imide groups is 1. The van der Waals surface area contributed by atoms with Crippen LogP contribution < -0.4 is 10.6 Å². The average molecular weight is 459 g/mol. The number of carbonyl (C=O) groups is 2. The van der Waals surface area contributed by atoms with E-state index in [1.165, 1.54) is 13.5 Å². The van der Waals surface area contributed by atoms with Gasteiger partial charge in [-0.1, -0.05) is 6.07 Å². The van der Waals surface area contributed by atoms with E-state index < -0.39 is 16.2 Å².